The molecule has 3 aromatic carbocycles. The summed E-state index contributed by atoms with van der Waals surface area (Å²) in [7, 11) is -3.75. The molecule has 0 aliphatic carbocycles. The molecule has 0 radical (unpaired) electrons. The van der Waals surface area contributed by atoms with Crippen molar-refractivity contribution in [1.29, 1.82) is 0 Å². The second-order valence-electron chi connectivity index (χ2n) is 9.53. The monoisotopic (exact) mass is 570 g/mol. The Morgan fingerprint density at radius 1 is 0.850 bits per heavy atom. The maximum atomic E-state index is 13.9. The van der Waals surface area contributed by atoms with Crippen LogP contribution in [0.1, 0.15) is 39.7 Å². The van der Waals surface area contributed by atoms with Crippen molar-refractivity contribution in [2.75, 3.05) is 11.4 Å². The number of carbonyl (C=O) groups is 1. The van der Waals surface area contributed by atoms with Gasteiger partial charge in [-0.15, -0.1) is 0 Å². The van der Waals surface area contributed by atoms with Crippen molar-refractivity contribution in [3.63, 3.8) is 0 Å². The number of pyridine rings is 1. The van der Waals surface area contributed by atoms with Crippen molar-refractivity contribution < 1.29 is 13.2 Å². The molecular weight excluding hydrogens is 541 g/mol. The van der Waals surface area contributed by atoms with Gasteiger partial charge in [0.05, 0.1) is 27.4 Å². The SMILES string of the molecule is CCN(Cc1ccccc1)S(=O)(=O)c1ccc(C(=O)N(Cc2ccccn2)c2nc3c(C)ccc(C)c3s2)cc1. The van der Waals surface area contributed by atoms with Gasteiger partial charge < -0.3 is 0 Å². The Morgan fingerprint density at radius 2 is 1.55 bits per heavy atom. The Balaban J connectivity index is 1.46. The van der Waals surface area contributed by atoms with E-state index in [1.165, 1.54) is 27.8 Å². The van der Waals surface area contributed by atoms with Crippen molar-refractivity contribution in [3.05, 3.63) is 119 Å². The van der Waals surface area contributed by atoms with E-state index in [1.807, 2.05) is 75.4 Å². The number of sulfonamides is 1. The Morgan fingerprint density at radius 3 is 2.20 bits per heavy atom. The first kappa shape index (κ1) is 27.6. The third kappa shape index (κ3) is 5.67. The van der Waals surface area contributed by atoms with Crippen LogP contribution in [0.3, 0.4) is 0 Å². The van der Waals surface area contributed by atoms with Gasteiger partial charge in [-0.2, -0.15) is 4.31 Å². The van der Waals surface area contributed by atoms with E-state index < -0.39 is 10.0 Å². The minimum Gasteiger partial charge on any atom is -0.278 e. The van der Waals surface area contributed by atoms with Crippen molar-refractivity contribution in [2.45, 2.75) is 38.8 Å². The maximum Gasteiger partial charge on any atom is 0.260 e. The lowest BCUT2D eigenvalue weighted by atomic mass is 10.1. The molecule has 40 heavy (non-hydrogen) atoms. The predicted octanol–water partition coefficient (Wildman–Crippen LogP) is 6.37. The van der Waals surface area contributed by atoms with Crippen LogP contribution in [0.2, 0.25) is 0 Å². The van der Waals surface area contributed by atoms with E-state index in [9.17, 15) is 13.2 Å². The molecular formula is C31H30N4O3S2. The summed E-state index contributed by atoms with van der Waals surface area (Å²) in [6.45, 7) is 6.69. The topological polar surface area (TPSA) is 83.5 Å². The summed E-state index contributed by atoms with van der Waals surface area (Å²) in [5, 5.41) is 0.569. The van der Waals surface area contributed by atoms with Crippen LogP contribution in [0.5, 0.6) is 0 Å². The number of hydrogen-bond donors (Lipinski definition) is 0. The molecule has 0 saturated heterocycles. The molecule has 0 bridgehead atoms. The standard InChI is InChI=1S/C31H30N4O3S2/c1-4-34(20-24-10-6-5-7-11-24)40(37,38)27-17-15-25(16-18-27)30(36)35(21-26-12-8-9-19-32-26)31-33-28-22(2)13-14-23(3)29(28)39-31/h5-19H,4,20-21H2,1-3H3. The van der Waals surface area contributed by atoms with E-state index in [0.29, 0.717) is 17.2 Å². The summed E-state index contributed by atoms with van der Waals surface area (Å²) in [6.07, 6.45) is 1.69. The minimum atomic E-state index is -3.75. The highest BCUT2D eigenvalue weighted by Gasteiger charge is 2.26. The first-order valence-corrected chi connectivity index (χ1v) is 15.3. The third-order valence-electron chi connectivity index (χ3n) is 6.75. The van der Waals surface area contributed by atoms with Gasteiger partial charge in [0.25, 0.3) is 5.91 Å². The molecule has 0 aliphatic rings. The van der Waals surface area contributed by atoms with E-state index >= 15 is 0 Å². The van der Waals surface area contributed by atoms with E-state index in [2.05, 4.69) is 11.1 Å². The van der Waals surface area contributed by atoms with E-state index in [0.717, 1.165) is 32.6 Å². The lowest BCUT2D eigenvalue weighted by Gasteiger charge is -2.22. The molecule has 0 fully saturated rings. The number of nitrogens with zero attached hydrogens (tertiary/aromatic N) is 4. The molecule has 204 valence electrons. The first-order chi connectivity index (χ1) is 19.3. The molecule has 7 nitrogen and oxygen atoms in total. The highest BCUT2D eigenvalue weighted by atomic mass is 32.2. The molecule has 0 unspecified atom stereocenters. The predicted molar refractivity (Wildman–Crippen MR) is 160 cm³/mol. The summed E-state index contributed by atoms with van der Waals surface area (Å²) in [4.78, 5) is 24.9. The van der Waals surface area contributed by atoms with Crippen molar-refractivity contribution >= 4 is 42.6 Å². The van der Waals surface area contributed by atoms with Crippen LogP contribution in [0, 0.1) is 13.8 Å². The van der Waals surface area contributed by atoms with Gasteiger partial charge in [-0.1, -0.05) is 66.8 Å². The van der Waals surface area contributed by atoms with Gasteiger partial charge in [0, 0.05) is 24.8 Å². The molecule has 2 heterocycles. The minimum absolute atomic E-state index is 0.143. The van der Waals surface area contributed by atoms with Crippen LogP contribution in [-0.2, 0) is 23.1 Å². The van der Waals surface area contributed by atoms with Gasteiger partial charge in [0.2, 0.25) is 10.0 Å². The average molecular weight is 571 g/mol. The van der Waals surface area contributed by atoms with E-state index in [1.54, 1.807) is 23.2 Å². The molecule has 2 aromatic heterocycles. The highest BCUT2D eigenvalue weighted by molar-refractivity contribution is 7.89. The molecule has 9 heteroatoms. The van der Waals surface area contributed by atoms with Crippen molar-refractivity contribution in [3.8, 4) is 0 Å². The summed E-state index contributed by atoms with van der Waals surface area (Å²) in [5.41, 5.74) is 5.01. The largest absolute Gasteiger partial charge is 0.278 e. The number of amides is 1. The first-order valence-electron chi connectivity index (χ1n) is 13.0. The zero-order chi connectivity index (χ0) is 28.3. The fraction of sp³-hybridized carbons (Fsp3) is 0.194. The number of carbonyl (C=O) groups excluding carboxylic acids is 1. The summed E-state index contributed by atoms with van der Waals surface area (Å²) < 4.78 is 29.3. The molecule has 5 rings (SSSR count). The third-order valence-corrected chi connectivity index (χ3v) is 9.90. The number of benzene rings is 3. The van der Waals surface area contributed by atoms with E-state index in [4.69, 9.17) is 4.98 Å². The normalized spacial score (nSPS) is 11.7. The number of fused-ring (bicyclic) bond motifs is 1. The van der Waals surface area contributed by atoms with Crippen molar-refractivity contribution in [1.82, 2.24) is 14.3 Å². The highest BCUT2D eigenvalue weighted by Crippen LogP contribution is 2.34. The number of thiazole rings is 1. The Kier molecular flexibility index (Phi) is 8.07. The smallest absolute Gasteiger partial charge is 0.260 e. The number of hydrogen-bond acceptors (Lipinski definition) is 6. The lowest BCUT2D eigenvalue weighted by molar-refractivity contribution is 0.0984. The second kappa shape index (κ2) is 11.7. The number of anilines is 1. The van der Waals surface area contributed by atoms with Gasteiger partial charge in [0.1, 0.15) is 0 Å². The van der Waals surface area contributed by atoms with Gasteiger partial charge in [-0.25, -0.2) is 13.4 Å². The van der Waals surface area contributed by atoms with Gasteiger partial charge in [-0.05, 0) is 66.9 Å². The molecule has 0 aliphatic heterocycles. The van der Waals surface area contributed by atoms with Crippen LogP contribution >= 0.6 is 11.3 Å². The van der Waals surface area contributed by atoms with Crippen LogP contribution < -0.4 is 4.90 Å². The zero-order valence-electron chi connectivity index (χ0n) is 22.6. The number of aromatic nitrogens is 2. The van der Waals surface area contributed by atoms with Crippen molar-refractivity contribution in [2.24, 2.45) is 0 Å². The fourth-order valence-corrected chi connectivity index (χ4v) is 7.02. The fourth-order valence-electron chi connectivity index (χ4n) is 4.47. The Labute approximate surface area is 238 Å². The van der Waals surface area contributed by atoms with Crippen LogP contribution in [0.15, 0.2) is 96.0 Å². The van der Waals surface area contributed by atoms with E-state index in [-0.39, 0.29) is 23.9 Å². The quantitative estimate of drug-likeness (QED) is 0.206. The molecule has 0 N–H and O–H groups in total. The summed E-state index contributed by atoms with van der Waals surface area (Å²) in [6, 6.07) is 25.3. The summed E-state index contributed by atoms with van der Waals surface area (Å²) in [5.74, 6) is -0.277. The van der Waals surface area contributed by atoms with Crippen LogP contribution in [0.25, 0.3) is 10.2 Å². The summed E-state index contributed by atoms with van der Waals surface area (Å²) >= 11 is 1.47. The second-order valence-corrected chi connectivity index (χ2v) is 12.4. The molecule has 0 saturated carbocycles. The van der Waals surface area contributed by atoms with Crippen LogP contribution in [-0.4, -0.2) is 35.1 Å². The Bertz CT molecular complexity index is 1700. The molecule has 0 atom stereocenters. The van der Waals surface area contributed by atoms with Gasteiger partial charge >= 0.3 is 0 Å². The lowest BCUT2D eigenvalue weighted by Crippen LogP contribution is -2.31. The molecule has 5 aromatic rings. The van der Waals surface area contributed by atoms with Gasteiger partial charge in [-0.3, -0.25) is 14.7 Å². The number of rotatable bonds is 9. The number of aryl methyl sites for hydroxylation is 2. The molecule has 0 spiro atoms. The average Bonchev–Trinajstić information content (AvgIpc) is 3.44. The zero-order valence-corrected chi connectivity index (χ0v) is 24.2. The molecule has 1 amide bonds. The maximum absolute atomic E-state index is 13.9. The van der Waals surface area contributed by atoms with Gasteiger partial charge in [0.15, 0.2) is 5.13 Å². The van der Waals surface area contributed by atoms with Crippen LogP contribution in [0.4, 0.5) is 5.13 Å². The Hall–Kier alpha value is -3.92.